The molecule has 0 saturated heterocycles. The standard InChI is InChI=1S/C20H17Cl3N4O3/c1-2-7-24-19(29)20(30)26-27-16-6-3-12(21)8-11(16)9-17(27)18(28)25-13-4-5-14(22)15(23)10-13/h3-6,8-10H,2,7H2,1H3,(H,24,29)(H,25,28)(H,26,30). The van der Waals surface area contributed by atoms with Crippen molar-refractivity contribution in [2.45, 2.75) is 13.3 Å². The number of halogens is 3. The van der Waals surface area contributed by atoms with Gasteiger partial charge in [0.15, 0.2) is 0 Å². The fourth-order valence-corrected chi connectivity index (χ4v) is 3.19. The van der Waals surface area contributed by atoms with Gasteiger partial charge in [-0.15, -0.1) is 0 Å². The average Bonchev–Trinajstić information content (AvgIpc) is 3.06. The van der Waals surface area contributed by atoms with Crippen LogP contribution in [0.2, 0.25) is 15.1 Å². The lowest BCUT2D eigenvalue weighted by molar-refractivity contribution is -0.136. The van der Waals surface area contributed by atoms with Gasteiger partial charge in [0.05, 0.1) is 15.6 Å². The normalized spacial score (nSPS) is 10.7. The summed E-state index contributed by atoms with van der Waals surface area (Å²) in [6, 6.07) is 11.1. The number of carbonyl (C=O) groups is 3. The Kier molecular flexibility index (Phi) is 6.87. The van der Waals surface area contributed by atoms with E-state index in [1.54, 1.807) is 36.4 Å². The fourth-order valence-electron chi connectivity index (χ4n) is 2.71. The van der Waals surface area contributed by atoms with Gasteiger partial charge in [0.25, 0.3) is 5.91 Å². The Morgan fingerprint density at radius 2 is 1.70 bits per heavy atom. The number of anilines is 1. The molecule has 0 fully saturated rings. The van der Waals surface area contributed by atoms with E-state index < -0.39 is 17.7 Å². The highest BCUT2D eigenvalue weighted by atomic mass is 35.5. The summed E-state index contributed by atoms with van der Waals surface area (Å²) in [5.74, 6) is -2.24. The lowest BCUT2D eigenvalue weighted by Gasteiger charge is -2.13. The third-order valence-electron chi connectivity index (χ3n) is 4.13. The second-order valence-corrected chi connectivity index (χ2v) is 7.60. The van der Waals surface area contributed by atoms with Gasteiger partial charge in [-0.2, -0.15) is 0 Å². The second-order valence-electron chi connectivity index (χ2n) is 6.35. The Labute approximate surface area is 187 Å². The van der Waals surface area contributed by atoms with Crippen LogP contribution in [0.5, 0.6) is 0 Å². The van der Waals surface area contributed by atoms with Crippen LogP contribution in [0.3, 0.4) is 0 Å². The summed E-state index contributed by atoms with van der Waals surface area (Å²) in [7, 11) is 0. The van der Waals surface area contributed by atoms with E-state index in [1.807, 2.05) is 6.92 Å². The SMILES string of the molecule is CCCNC(=O)C(=O)Nn1c(C(=O)Nc2ccc(Cl)c(Cl)c2)cc2cc(Cl)ccc21. The first-order chi connectivity index (χ1) is 14.3. The zero-order chi connectivity index (χ0) is 21.8. The zero-order valence-corrected chi connectivity index (χ0v) is 18.0. The molecule has 2 aromatic carbocycles. The quantitative estimate of drug-likeness (QED) is 0.484. The smallest absolute Gasteiger partial charge is 0.328 e. The highest BCUT2D eigenvalue weighted by Crippen LogP contribution is 2.27. The van der Waals surface area contributed by atoms with Gasteiger partial charge < -0.3 is 10.6 Å². The van der Waals surface area contributed by atoms with Gasteiger partial charge in [-0.3, -0.25) is 19.8 Å². The first kappa shape index (κ1) is 22.0. The molecule has 0 unspecified atom stereocenters. The highest BCUT2D eigenvalue weighted by molar-refractivity contribution is 6.42. The Morgan fingerprint density at radius 3 is 2.40 bits per heavy atom. The van der Waals surface area contributed by atoms with Crippen LogP contribution in [-0.2, 0) is 9.59 Å². The van der Waals surface area contributed by atoms with Gasteiger partial charge in [0.1, 0.15) is 5.69 Å². The summed E-state index contributed by atoms with van der Waals surface area (Å²) >= 11 is 17.9. The summed E-state index contributed by atoms with van der Waals surface area (Å²) in [5, 5.41) is 6.88. The minimum Gasteiger partial charge on any atom is -0.348 e. The number of carbonyl (C=O) groups excluding carboxylic acids is 3. The van der Waals surface area contributed by atoms with Crippen molar-refractivity contribution in [1.29, 1.82) is 0 Å². The van der Waals surface area contributed by atoms with E-state index >= 15 is 0 Å². The molecule has 7 nitrogen and oxygen atoms in total. The molecular formula is C20H17Cl3N4O3. The molecule has 0 aliphatic carbocycles. The fraction of sp³-hybridized carbons (Fsp3) is 0.150. The van der Waals surface area contributed by atoms with E-state index in [1.165, 1.54) is 10.7 Å². The number of fused-ring (bicyclic) bond motifs is 1. The number of benzene rings is 2. The monoisotopic (exact) mass is 466 g/mol. The Bertz CT molecular complexity index is 1140. The number of hydrogen-bond donors (Lipinski definition) is 3. The molecule has 1 heterocycles. The summed E-state index contributed by atoms with van der Waals surface area (Å²) < 4.78 is 1.24. The predicted molar refractivity (Wildman–Crippen MR) is 119 cm³/mol. The summed E-state index contributed by atoms with van der Waals surface area (Å²) in [4.78, 5) is 37.2. The molecule has 10 heteroatoms. The first-order valence-electron chi connectivity index (χ1n) is 8.96. The molecule has 3 amide bonds. The average molecular weight is 468 g/mol. The molecule has 0 spiro atoms. The molecule has 3 aromatic rings. The second kappa shape index (κ2) is 9.38. The van der Waals surface area contributed by atoms with Crippen LogP contribution < -0.4 is 16.1 Å². The molecule has 0 radical (unpaired) electrons. The maximum atomic E-state index is 12.9. The van der Waals surface area contributed by atoms with Crippen molar-refractivity contribution in [1.82, 2.24) is 9.99 Å². The van der Waals surface area contributed by atoms with E-state index in [9.17, 15) is 14.4 Å². The summed E-state index contributed by atoms with van der Waals surface area (Å²) in [5.41, 5.74) is 3.46. The van der Waals surface area contributed by atoms with Crippen molar-refractivity contribution in [3.8, 4) is 0 Å². The molecular weight excluding hydrogens is 451 g/mol. The van der Waals surface area contributed by atoms with E-state index in [0.29, 0.717) is 39.6 Å². The third-order valence-corrected chi connectivity index (χ3v) is 5.10. The highest BCUT2D eigenvalue weighted by Gasteiger charge is 2.21. The van der Waals surface area contributed by atoms with Gasteiger partial charge in [0, 0.05) is 22.6 Å². The molecule has 3 N–H and O–H groups in total. The van der Waals surface area contributed by atoms with E-state index in [0.717, 1.165) is 0 Å². The Morgan fingerprint density at radius 1 is 0.933 bits per heavy atom. The van der Waals surface area contributed by atoms with Crippen molar-refractivity contribution < 1.29 is 14.4 Å². The minimum absolute atomic E-state index is 0.0926. The van der Waals surface area contributed by atoms with E-state index in [-0.39, 0.29) is 10.7 Å². The molecule has 1 aromatic heterocycles. The van der Waals surface area contributed by atoms with Crippen molar-refractivity contribution >= 4 is 69.1 Å². The molecule has 3 rings (SSSR count). The lowest BCUT2D eigenvalue weighted by atomic mass is 10.2. The Balaban J connectivity index is 1.95. The third kappa shape index (κ3) is 4.87. The number of rotatable bonds is 5. The zero-order valence-electron chi connectivity index (χ0n) is 15.8. The molecule has 0 atom stereocenters. The van der Waals surface area contributed by atoms with E-state index in [4.69, 9.17) is 34.8 Å². The summed E-state index contributed by atoms with van der Waals surface area (Å²) in [6.07, 6.45) is 0.682. The number of amides is 3. The maximum Gasteiger partial charge on any atom is 0.328 e. The number of hydrogen-bond acceptors (Lipinski definition) is 3. The van der Waals surface area contributed by atoms with Crippen molar-refractivity contribution in [2.24, 2.45) is 0 Å². The molecule has 30 heavy (non-hydrogen) atoms. The Hall–Kier alpha value is -2.74. The van der Waals surface area contributed by atoms with Crippen LogP contribution in [0.15, 0.2) is 42.5 Å². The predicted octanol–water partition coefficient (Wildman–Crippen LogP) is 4.45. The minimum atomic E-state index is -0.903. The molecule has 0 bridgehead atoms. The van der Waals surface area contributed by atoms with Crippen molar-refractivity contribution in [2.75, 3.05) is 17.3 Å². The number of aromatic nitrogens is 1. The van der Waals surface area contributed by atoms with Gasteiger partial charge >= 0.3 is 11.8 Å². The molecule has 156 valence electrons. The van der Waals surface area contributed by atoms with Gasteiger partial charge in [0.2, 0.25) is 0 Å². The van der Waals surface area contributed by atoms with Crippen LogP contribution in [-0.4, -0.2) is 28.9 Å². The first-order valence-corrected chi connectivity index (χ1v) is 10.1. The molecule has 0 aliphatic heterocycles. The van der Waals surface area contributed by atoms with Gasteiger partial charge in [-0.1, -0.05) is 41.7 Å². The number of nitrogens with one attached hydrogen (secondary N) is 3. The van der Waals surface area contributed by atoms with Crippen LogP contribution in [0.4, 0.5) is 5.69 Å². The van der Waals surface area contributed by atoms with Gasteiger partial charge in [-0.25, -0.2) is 4.68 Å². The van der Waals surface area contributed by atoms with Crippen LogP contribution >= 0.6 is 34.8 Å². The maximum absolute atomic E-state index is 12.9. The van der Waals surface area contributed by atoms with Crippen molar-refractivity contribution in [3.05, 3.63) is 63.2 Å². The van der Waals surface area contributed by atoms with Crippen LogP contribution in [0.1, 0.15) is 23.8 Å². The molecule has 0 saturated carbocycles. The van der Waals surface area contributed by atoms with Crippen molar-refractivity contribution in [3.63, 3.8) is 0 Å². The van der Waals surface area contributed by atoms with E-state index in [2.05, 4.69) is 16.1 Å². The topological polar surface area (TPSA) is 92.2 Å². The number of nitrogens with zero attached hydrogens (tertiary/aromatic N) is 1. The molecule has 0 aliphatic rings. The van der Waals surface area contributed by atoms with Crippen LogP contribution in [0, 0.1) is 0 Å². The van der Waals surface area contributed by atoms with Gasteiger partial charge in [-0.05, 0) is 48.9 Å². The largest absolute Gasteiger partial charge is 0.348 e. The lowest BCUT2D eigenvalue weighted by Crippen LogP contribution is -2.40. The van der Waals surface area contributed by atoms with Crippen LogP contribution in [0.25, 0.3) is 10.9 Å². The summed E-state index contributed by atoms with van der Waals surface area (Å²) in [6.45, 7) is 2.23.